The fourth-order valence-electron chi connectivity index (χ4n) is 1.34. The summed E-state index contributed by atoms with van der Waals surface area (Å²) in [6.45, 7) is 1.74. The molecule has 3 N–H and O–H groups in total. The highest BCUT2D eigenvalue weighted by Crippen LogP contribution is 2.15. The molecule has 0 aromatic heterocycles. The van der Waals surface area contributed by atoms with Crippen molar-refractivity contribution in [2.45, 2.75) is 13.0 Å². The molecule has 0 heterocycles. The summed E-state index contributed by atoms with van der Waals surface area (Å²) in [4.78, 5) is 0. The summed E-state index contributed by atoms with van der Waals surface area (Å²) in [6, 6.07) is 13.8. The van der Waals surface area contributed by atoms with Gasteiger partial charge >= 0.3 is 0 Å². The molecule has 1 atom stereocenters. The molecule has 4 heteroatoms. The van der Waals surface area contributed by atoms with E-state index in [4.69, 9.17) is 26.9 Å². The van der Waals surface area contributed by atoms with Crippen molar-refractivity contribution in [2.24, 2.45) is 0 Å². The monoisotopic (exact) mass is 280 g/mol. The highest BCUT2D eigenvalue weighted by Gasteiger charge is 2.03. The highest BCUT2D eigenvalue weighted by atomic mass is 35.5. The van der Waals surface area contributed by atoms with Gasteiger partial charge in [-0.2, -0.15) is 0 Å². The molecule has 0 fully saturated rings. The molecule has 1 unspecified atom stereocenters. The van der Waals surface area contributed by atoms with Crippen molar-refractivity contribution in [1.29, 1.82) is 0 Å². The molecule has 0 saturated carbocycles. The van der Waals surface area contributed by atoms with E-state index in [-0.39, 0.29) is 12.4 Å². The largest absolute Gasteiger partial charge is 0.508 e. The zero-order chi connectivity index (χ0) is 14.3. The van der Waals surface area contributed by atoms with Crippen LogP contribution in [0.25, 0.3) is 0 Å². The second-order valence-electron chi connectivity index (χ2n) is 4.09. The summed E-state index contributed by atoms with van der Waals surface area (Å²) in [7, 11) is 0. The van der Waals surface area contributed by atoms with Crippen LogP contribution in [-0.2, 0) is 0 Å². The first-order valence-electron chi connectivity index (χ1n) is 5.83. The van der Waals surface area contributed by atoms with Gasteiger partial charge in [0.1, 0.15) is 11.9 Å². The van der Waals surface area contributed by atoms with Gasteiger partial charge in [-0.1, -0.05) is 41.4 Å². The van der Waals surface area contributed by atoms with Crippen molar-refractivity contribution >= 4 is 11.6 Å². The Hall–Kier alpha value is -1.55. The number of rotatable bonds is 2. The van der Waals surface area contributed by atoms with Crippen molar-refractivity contribution in [3.63, 3.8) is 0 Å². The van der Waals surface area contributed by atoms with E-state index in [2.05, 4.69) is 0 Å². The second-order valence-corrected chi connectivity index (χ2v) is 4.52. The topological polar surface area (TPSA) is 60.7 Å². The zero-order valence-corrected chi connectivity index (χ0v) is 11.4. The first-order chi connectivity index (χ1) is 9.02. The molecule has 0 saturated heterocycles. The molecule has 19 heavy (non-hydrogen) atoms. The normalized spacial score (nSPS) is 11.4. The lowest BCUT2D eigenvalue weighted by atomic mass is 10.1. The predicted octanol–water partition coefficient (Wildman–Crippen LogP) is 3.07. The SMILES string of the molecule is Cc1ccc(Cl)cc1.OCC(O)c1ccc(O)cc1. The Morgan fingerprint density at radius 3 is 1.95 bits per heavy atom. The molecule has 0 bridgehead atoms. The Balaban J connectivity index is 0.000000200. The van der Waals surface area contributed by atoms with Crippen LogP contribution in [0.5, 0.6) is 5.75 Å². The van der Waals surface area contributed by atoms with Crippen LogP contribution in [0.3, 0.4) is 0 Å². The van der Waals surface area contributed by atoms with E-state index in [0.29, 0.717) is 5.56 Å². The lowest BCUT2D eigenvalue weighted by Crippen LogP contribution is -2.01. The van der Waals surface area contributed by atoms with Crippen LogP contribution in [0, 0.1) is 6.92 Å². The lowest BCUT2D eigenvalue weighted by molar-refractivity contribution is 0.0956. The average molecular weight is 281 g/mol. The van der Waals surface area contributed by atoms with Gasteiger partial charge in [-0.25, -0.2) is 0 Å². The lowest BCUT2D eigenvalue weighted by Gasteiger charge is -2.05. The number of aromatic hydroxyl groups is 1. The minimum atomic E-state index is -0.851. The van der Waals surface area contributed by atoms with Crippen LogP contribution in [0.2, 0.25) is 5.02 Å². The van der Waals surface area contributed by atoms with E-state index in [1.165, 1.54) is 17.7 Å². The summed E-state index contributed by atoms with van der Waals surface area (Å²) in [5, 5.41) is 27.3. The molecule has 0 aliphatic rings. The minimum absolute atomic E-state index is 0.152. The van der Waals surface area contributed by atoms with E-state index in [1.54, 1.807) is 12.1 Å². The standard InChI is InChI=1S/C8H10O3.C7H7Cl/c9-5-8(11)6-1-3-7(10)4-2-6;1-6-2-4-7(8)5-3-6/h1-4,8-11H,5H2;2-5H,1H3. The Kier molecular flexibility index (Phi) is 6.36. The van der Waals surface area contributed by atoms with Gasteiger partial charge in [0.15, 0.2) is 0 Å². The summed E-state index contributed by atoms with van der Waals surface area (Å²) < 4.78 is 0. The number of phenolic OH excluding ortho intramolecular Hbond substituents is 1. The van der Waals surface area contributed by atoms with Crippen LogP contribution in [0.1, 0.15) is 17.2 Å². The minimum Gasteiger partial charge on any atom is -0.508 e. The van der Waals surface area contributed by atoms with E-state index >= 15 is 0 Å². The molecule has 102 valence electrons. The van der Waals surface area contributed by atoms with Gasteiger partial charge in [-0.05, 0) is 36.8 Å². The molecule has 2 aromatic rings. The van der Waals surface area contributed by atoms with Crippen LogP contribution in [-0.4, -0.2) is 21.9 Å². The summed E-state index contributed by atoms with van der Waals surface area (Å²) in [6.07, 6.45) is -0.851. The first-order valence-corrected chi connectivity index (χ1v) is 6.20. The van der Waals surface area contributed by atoms with Gasteiger partial charge in [-0.15, -0.1) is 0 Å². The number of aliphatic hydroxyl groups excluding tert-OH is 2. The second kappa shape index (κ2) is 7.79. The third kappa shape index (κ3) is 5.75. The van der Waals surface area contributed by atoms with E-state index in [1.807, 2.05) is 31.2 Å². The molecule has 2 rings (SSSR count). The number of aliphatic hydroxyl groups is 2. The fourth-order valence-corrected chi connectivity index (χ4v) is 1.46. The molecule has 0 aliphatic heterocycles. The van der Waals surface area contributed by atoms with Gasteiger partial charge in [0.05, 0.1) is 6.61 Å². The maximum atomic E-state index is 9.09. The molecule has 0 amide bonds. The number of hydrogen-bond donors (Lipinski definition) is 3. The Morgan fingerprint density at radius 2 is 1.53 bits per heavy atom. The number of aryl methyl sites for hydroxylation is 1. The first kappa shape index (κ1) is 15.5. The smallest absolute Gasteiger partial charge is 0.115 e. The number of halogens is 1. The Labute approximate surface area is 117 Å². The van der Waals surface area contributed by atoms with Gasteiger partial charge in [0, 0.05) is 5.02 Å². The van der Waals surface area contributed by atoms with Crippen molar-refractivity contribution < 1.29 is 15.3 Å². The van der Waals surface area contributed by atoms with Crippen molar-refractivity contribution in [1.82, 2.24) is 0 Å². The van der Waals surface area contributed by atoms with Gasteiger partial charge in [0.2, 0.25) is 0 Å². The molecular formula is C15H17ClO3. The van der Waals surface area contributed by atoms with Gasteiger partial charge < -0.3 is 15.3 Å². The highest BCUT2D eigenvalue weighted by molar-refractivity contribution is 6.30. The van der Waals surface area contributed by atoms with E-state index in [9.17, 15) is 0 Å². The molecular weight excluding hydrogens is 264 g/mol. The molecule has 0 radical (unpaired) electrons. The molecule has 3 nitrogen and oxygen atoms in total. The van der Waals surface area contributed by atoms with Gasteiger partial charge in [0.25, 0.3) is 0 Å². The van der Waals surface area contributed by atoms with Crippen LogP contribution < -0.4 is 0 Å². The maximum absolute atomic E-state index is 9.09. The van der Waals surface area contributed by atoms with E-state index in [0.717, 1.165) is 5.02 Å². The molecule has 2 aromatic carbocycles. The fraction of sp³-hybridized carbons (Fsp3) is 0.200. The number of hydrogen-bond acceptors (Lipinski definition) is 3. The maximum Gasteiger partial charge on any atom is 0.115 e. The zero-order valence-electron chi connectivity index (χ0n) is 10.6. The Morgan fingerprint density at radius 1 is 1.00 bits per heavy atom. The molecule has 0 spiro atoms. The Bertz CT molecular complexity index is 459. The van der Waals surface area contributed by atoms with Crippen LogP contribution >= 0.6 is 11.6 Å². The summed E-state index contributed by atoms with van der Waals surface area (Å²) in [5.74, 6) is 0.152. The van der Waals surface area contributed by atoms with Crippen molar-refractivity contribution in [3.8, 4) is 5.75 Å². The average Bonchev–Trinajstić information content (AvgIpc) is 2.43. The third-order valence-electron chi connectivity index (χ3n) is 2.46. The van der Waals surface area contributed by atoms with Gasteiger partial charge in [-0.3, -0.25) is 0 Å². The summed E-state index contributed by atoms with van der Waals surface area (Å²) >= 11 is 5.61. The predicted molar refractivity (Wildman–Crippen MR) is 76.3 cm³/mol. The van der Waals surface area contributed by atoms with Crippen molar-refractivity contribution in [2.75, 3.05) is 6.61 Å². The van der Waals surface area contributed by atoms with Crippen LogP contribution in [0.15, 0.2) is 48.5 Å². The quantitative estimate of drug-likeness (QED) is 0.792. The number of phenols is 1. The van der Waals surface area contributed by atoms with Crippen molar-refractivity contribution in [3.05, 3.63) is 64.7 Å². The number of benzene rings is 2. The molecule has 0 aliphatic carbocycles. The summed E-state index contributed by atoms with van der Waals surface area (Å²) in [5.41, 5.74) is 1.85. The third-order valence-corrected chi connectivity index (χ3v) is 2.71. The van der Waals surface area contributed by atoms with E-state index < -0.39 is 6.10 Å². The van der Waals surface area contributed by atoms with Crippen LogP contribution in [0.4, 0.5) is 0 Å².